The highest BCUT2D eigenvalue weighted by atomic mass is 35.5. The van der Waals surface area contributed by atoms with Crippen LogP contribution in [0.1, 0.15) is 34.6 Å². The van der Waals surface area contributed by atoms with Crippen LogP contribution in [0.3, 0.4) is 0 Å². The number of carbonyl (C=O) groups is 1. The van der Waals surface area contributed by atoms with E-state index in [-0.39, 0.29) is 18.1 Å². The van der Waals surface area contributed by atoms with Crippen LogP contribution >= 0.6 is 23.2 Å². The van der Waals surface area contributed by atoms with Crippen LogP contribution in [0.2, 0.25) is 10.0 Å². The highest BCUT2D eigenvalue weighted by Crippen LogP contribution is 2.30. The Morgan fingerprint density at radius 1 is 1.39 bits per heavy atom. The molecule has 0 aliphatic rings. The monoisotopic (exact) mass is 355 g/mol. The molecule has 2 unspecified atom stereocenters. The number of nitrogens with one attached hydrogen (secondary N) is 1. The second-order valence-corrected chi connectivity index (χ2v) is 6.23. The molecule has 0 aliphatic heterocycles. The average molecular weight is 356 g/mol. The number of amides is 1. The predicted molar refractivity (Wildman–Crippen MR) is 91.1 cm³/mol. The van der Waals surface area contributed by atoms with Gasteiger partial charge in [-0.05, 0) is 26.0 Å². The predicted octanol–water partition coefficient (Wildman–Crippen LogP) is 3.54. The van der Waals surface area contributed by atoms with Crippen molar-refractivity contribution in [2.75, 3.05) is 7.11 Å². The Morgan fingerprint density at radius 3 is 2.61 bits per heavy atom. The van der Waals surface area contributed by atoms with Crippen LogP contribution in [0.15, 0.2) is 24.4 Å². The molecule has 0 bridgehead atoms. The minimum Gasteiger partial charge on any atom is -0.375 e. The van der Waals surface area contributed by atoms with E-state index in [0.29, 0.717) is 21.3 Å². The molecule has 1 aromatic carbocycles. The second kappa shape index (κ2) is 7.34. The third-order valence-corrected chi connectivity index (χ3v) is 4.16. The van der Waals surface area contributed by atoms with Gasteiger partial charge in [-0.15, -0.1) is 0 Å². The lowest BCUT2D eigenvalue weighted by Gasteiger charge is -2.25. The van der Waals surface area contributed by atoms with Crippen LogP contribution in [-0.4, -0.2) is 28.8 Å². The van der Waals surface area contributed by atoms with E-state index in [1.807, 2.05) is 6.92 Å². The van der Waals surface area contributed by atoms with Gasteiger partial charge in [-0.2, -0.15) is 5.10 Å². The number of benzene rings is 1. The standard InChI is InChI=1S/C16H19Cl2N3O2/c1-9-13(8-21(3)20-9)16(22)19-10(2)15(23-4)12-6-5-11(17)7-14(12)18/h5-8,10,15H,1-4H3,(H,19,22). The van der Waals surface area contributed by atoms with Gasteiger partial charge in [0.25, 0.3) is 5.91 Å². The molecule has 124 valence electrons. The molecule has 0 spiro atoms. The van der Waals surface area contributed by atoms with Gasteiger partial charge in [-0.1, -0.05) is 29.3 Å². The van der Waals surface area contributed by atoms with Crippen molar-refractivity contribution < 1.29 is 9.53 Å². The summed E-state index contributed by atoms with van der Waals surface area (Å²) in [6.45, 7) is 3.66. The highest BCUT2D eigenvalue weighted by molar-refractivity contribution is 6.35. The fraction of sp³-hybridized carbons (Fsp3) is 0.375. The van der Waals surface area contributed by atoms with Crippen molar-refractivity contribution in [3.63, 3.8) is 0 Å². The normalized spacial score (nSPS) is 13.7. The molecular weight excluding hydrogens is 337 g/mol. The summed E-state index contributed by atoms with van der Waals surface area (Å²) in [5, 5.41) is 8.16. The van der Waals surface area contributed by atoms with E-state index >= 15 is 0 Å². The number of nitrogens with zero attached hydrogens (tertiary/aromatic N) is 2. The van der Waals surface area contributed by atoms with Crippen molar-refractivity contribution in [2.24, 2.45) is 7.05 Å². The Kier molecular flexibility index (Phi) is 5.68. The maximum atomic E-state index is 12.4. The molecule has 2 rings (SSSR count). The summed E-state index contributed by atoms with van der Waals surface area (Å²) >= 11 is 12.2. The van der Waals surface area contributed by atoms with Crippen LogP contribution in [0.25, 0.3) is 0 Å². The van der Waals surface area contributed by atoms with E-state index < -0.39 is 0 Å². The van der Waals surface area contributed by atoms with Gasteiger partial charge in [0.2, 0.25) is 0 Å². The summed E-state index contributed by atoms with van der Waals surface area (Å²) in [6.07, 6.45) is 1.30. The van der Waals surface area contributed by atoms with Gasteiger partial charge < -0.3 is 10.1 Å². The van der Waals surface area contributed by atoms with E-state index in [2.05, 4.69) is 10.4 Å². The van der Waals surface area contributed by atoms with Gasteiger partial charge in [-0.3, -0.25) is 9.48 Å². The van der Waals surface area contributed by atoms with Crippen LogP contribution in [0, 0.1) is 6.92 Å². The van der Waals surface area contributed by atoms with Crippen molar-refractivity contribution >= 4 is 29.1 Å². The van der Waals surface area contributed by atoms with Gasteiger partial charge in [0.15, 0.2) is 0 Å². The number of halogens is 2. The van der Waals surface area contributed by atoms with Gasteiger partial charge >= 0.3 is 0 Å². The van der Waals surface area contributed by atoms with E-state index in [9.17, 15) is 4.79 Å². The van der Waals surface area contributed by atoms with Crippen molar-refractivity contribution in [3.8, 4) is 0 Å². The van der Waals surface area contributed by atoms with E-state index in [0.717, 1.165) is 5.56 Å². The highest BCUT2D eigenvalue weighted by Gasteiger charge is 2.24. The number of aromatic nitrogens is 2. The topological polar surface area (TPSA) is 56.1 Å². The zero-order valence-corrected chi connectivity index (χ0v) is 14.9. The molecule has 0 saturated heterocycles. The third-order valence-electron chi connectivity index (χ3n) is 3.59. The van der Waals surface area contributed by atoms with Gasteiger partial charge in [0, 0.05) is 36.0 Å². The van der Waals surface area contributed by atoms with E-state index in [1.54, 1.807) is 50.2 Å². The summed E-state index contributed by atoms with van der Waals surface area (Å²) in [5.41, 5.74) is 1.99. The first-order valence-electron chi connectivity index (χ1n) is 7.12. The molecule has 1 amide bonds. The number of rotatable bonds is 5. The lowest BCUT2D eigenvalue weighted by atomic mass is 10.0. The molecule has 2 aromatic rings. The molecule has 5 nitrogen and oxygen atoms in total. The quantitative estimate of drug-likeness (QED) is 0.892. The van der Waals surface area contributed by atoms with Crippen molar-refractivity contribution in [2.45, 2.75) is 26.0 Å². The van der Waals surface area contributed by atoms with E-state index in [1.165, 1.54) is 0 Å². The summed E-state index contributed by atoms with van der Waals surface area (Å²) in [5.74, 6) is -0.199. The number of hydrogen-bond acceptors (Lipinski definition) is 3. The summed E-state index contributed by atoms with van der Waals surface area (Å²) in [7, 11) is 3.35. The Labute approximate surface area is 145 Å². The van der Waals surface area contributed by atoms with Crippen molar-refractivity contribution in [3.05, 3.63) is 51.3 Å². The maximum absolute atomic E-state index is 12.4. The zero-order chi connectivity index (χ0) is 17.1. The molecule has 0 saturated carbocycles. The molecule has 1 heterocycles. The SMILES string of the molecule is COC(c1ccc(Cl)cc1Cl)C(C)NC(=O)c1cn(C)nc1C. The van der Waals surface area contributed by atoms with Crippen LogP contribution in [-0.2, 0) is 11.8 Å². The Bertz CT molecular complexity index is 715. The Balaban J connectivity index is 2.18. The van der Waals surface area contributed by atoms with Gasteiger partial charge in [0.05, 0.1) is 17.3 Å². The molecule has 23 heavy (non-hydrogen) atoms. The zero-order valence-electron chi connectivity index (χ0n) is 13.4. The molecule has 0 aliphatic carbocycles. The minimum atomic E-state index is -0.388. The molecular formula is C16H19Cl2N3O2. The number of hydrogen-bond donors (Lipinski definition) is 1. The number of aryl methyl sites for hydroxylation is 2. The van der Waals surface area contributed by atoms with Crippen LogP contribution < -0.4 is 5.32 Å². The summed E-state index contributed by atoms with van der Waals surface area (Å²) in [4.78, 5) is 12.4. The lowest BCUT2D eigenvalue weighted by Crippen LogP contribution is -2.38. The number of carbonyl (C=O) groups excluding carboxylic acids is 1. The molecule has 7 heteroatoms. The maximum Gasteiger partial charge on any atom is 0.255 e. The van der Waals surface area contributed by atoms with Crippen molar-refractivity contribution in [1.29, 1.82) is 0 Å². The fourth-order valence-electron chi connectivity index (χ4n) is 2.52. The molecule has 1 N–H and O–H groups in total. The smallest absolute Gasteiger partial charge is 0.255 e. The molecule has 2 atom stereocenters. The largest absolute Gasteiger partial charge is 0.375 e. The van der Waals surface area contributed by atoms with E-state index in [4.69, 9.17) is 27.9 Å². The molecule has 1 aromatic heterocycles. The Morgan fingerprint density at radius 2 is 2.09 bits per heavy atom. The summed E-state index contributed by atoms with van der Waals surface area (Å²) in [6, 6.07) is 4.92. The molecule has 0 radical (unpaired) electrons. The number of ether oxygens (including phenoxy) is 1. The first-order chi connectivity index (χ1) is 10.8. The van der Waals surface area contributed by atoms with Gasteiger partial charge in [-0.25, -0.2) is 0 Å². The van der Waals surface area contributed by atoms with Crippen LogP contribution in [0.4, 0.5) is 0 Å². The van der Waals surface area contributed by atoms with Gasteiger partial charge in [0.1, 0.15) is 6.10 Å². The summed E-state index contributed by atoms with van der Waals surface area (Å²) < 4.78 is 7.14. The average Bonchev–Trinajstić information content (AvgIpc) is 2.81. The lowest BCUT2D eigenvalue weighted by molar-refractivity contribution is 0.0645. The number of methoxy groups -OCH3 is 1. The third kappa shape index (κ3) is 4.05. The second-order valence-electron chi connectivity index (χ2n) is 5.39. The molecule has 0 fully saturated rings. The van der Waals surface area contributed by atoms with Crippen LogP contribution in [0.5, 0.6) is 0 Å². The minimum absolute atomic E-state index is 0.199. The van der Waals surface area contributed by atoms with Crippen molar-refractivity contribution in [1.82, 2.24) is 15.1 Å². The fourth-order valence-corrected chi connectivity index (χ4v) is 3.03. The Hall–Kier alpha value is -1.56. The first kappa shape index (κ1) is 17.8. The first-order valence-corrected chi connectivity index (χ1v) is 7.88.